The minimum Gasteiger partial charge on any atom is -0.394 e. The molecule has 0 aliphatic rings. The van der Waals surface area contributed by atoms with Gasteiger partial charge in [0.25, 0.3) is 5.91 Å². The monoisotopic (exact) mass is 229 g/mol. The number of aliphatic hydroxyl groups excluding tert-OH is 2. The van der Waals surface area contributed by atoms with Gasteiger partial charge in [0.1, 0.15) is 0 Å². The van der Waals surface area contributed by atoms with Gasteiger partial charge in [0.2, 0.25) is 0 Å². The molecule has 0 aliphatic carbocycles. The molecule has 1 unspecified atom stereocenters. The van der Waals surface area contributed by atoms with Gasteiger partial charge in [-0.1, -0.05) is 6.92 Å². The summed E-state index contributed by atoms with van der Waals surface area (Å²) in [4.78, 5) is 12.3. The van der Waals surface area contributed by atoms with Gasteiger partial charge in [-0.3, -0.25) is 4.79 Å². The third-order valence-electron chi connectivity index (χ3n) is 2.04. The number of hydrogen-bond acceptors (Lipinski definition) is 4. The maximum Gasteiger partial charge on any atom is 0.261 e. The van der Waals surface area contributed by atoms with Gasteiger partial charge in [-0.25, -0.2) is 0 Å². The Labute approximate surface area is 92.6 Å². The molecule has 5 heteroatoms. The van der Waals surface area contributed by atoms with Crippen molar-refractivity contribution in [3.05, 3.63) is 21.9 Å². The van der Waals surface area contributed by atoms with Crippen LogP contribution in [0.3, 0.4) is 0 Å². The molecule has 4 nitrogen and oxygen atoms in total. The number of aryl methyl sites for hydroxylation is 1. The molecule has 1 amide bonds. The van der Waals surface area contributed by atoms with Crippen LogP contribution in [-0.4, -0.2) is 35.4 Å². The second kappa shape index (κ2) is 5.85. The first kappa shape index (κ1) is 12.2. The summed E-state index contributed by atoms with van der Waals surface area (Å²) in [5.74, 6) is -0.186. The average Bonchev–Trinajstić information content (AvgIpc) is 2.73. The molecule has 3 N–H and O–H groups in total. The van der Waals surface area contributed by atoms with Crippen LogP contribution >= 0.6 is 11.3 Å². The Morgan fingerprint density at radius 2 is 2.40 bits per heavy atom. The van der Waals surface area contributed by atoms with E-state index in [1.54, 1.807) is 0 Å². The van der Waals surface area contributed by atoms with E-state index in [4.69, 9.17) is 10.2 Å². The summed E-state index contributed by atoms with van der Waals surface area (Å²) in [7, 11) is 0. The van der Waals surface area contributed by atoms with E-state index in [9.17, 15) is 4.79 Å². The number of rotatable bonds is 5. The molecule has 1 heterocycles. The SMILES string of the molecule is CCc1ccsc1C(=O)NCC(O)CO. The average molecular weight is 229 g/mol. The molecule has 1 aromatic rings. The molecular formula is C10H15NO3S. The van der Waals surface area contributed by atoms with E-state index < -0.39 is 6.10 Å². The van der Waals surface area contributed by atoms with Gasteiger partial charge in [-0.15, -0.1) is 11.3 Å². The van der Waals surface area contributed by atoms with Crippen molar-refractivity contribution < 1.29 is 15.0 Å². The van der Waals surface area contributed by atoms with Crippen LogP contribution in [0.15, 0.2) is 11.4 Å². The first-order valence-electron chi connectivity index (χ1n) is 4.82. The second-order valence-electron chi connectivity index (χ2n) is 3.17. The minimum absolute atomic E-state index is 0.0797. The number of carbonyl (C=O) groups excluding carboxylic acids is 1. The van der Waals surface area contributed by atoms with Crippen LogP contribution in [0.4, 0.5) is 0 Å². The van der Waals surface area contributed by atoms with Crippen molar-refractivity contribution in [3.8, 4) is 0 Å². The Hall–Kier alpha value is -0.910. The number of carbonyl (C=O) groups is 1. The van der Waals surface area contributed by atoms with Crippen molar-refractivity contribution in [2.45, 2.75) is 19.4 Å². The Kier molecular flexibility index (Phi) is 4.74. The van der Waals surface area contributed by atoms with E-state index in [1.165, 1.54) is 11.3 Å². The molecule has 0 bridgehead atoms. The Bertz CT molecular complexity index is 324. The number of aliphatic hydroxyl groups is 2. The summed E-state index contributed by atoms with van der Waals surface area (Å²) in [5.41, 5.74) is 1.01. The standard InChI is InChI=1S/C10H15NO3S/c1-2-7-3-4-15-9(7)10(14)11-5-8(13)6-12/h3-4,8,12-13H,2,5-6H2,1H3,(H,11,14). The molecule has 0 saturated carbocycles. The van der Waals surface area contributed by atoms with Gasteiger partial charge in [0.05, 0.1) is 17.6 Å². The fourth-order valence-electron chi connectivity index (χ4n) is 1.17. The molecule has 1 rings (SSSR count). The topological polar surface area (TPSA) is 69.6 Å². The van der Waals surface area contributed by atoms with Gasteiger partial charge in [0, 0.05) is 6.54 Å². The van der Waals surface area contributed by atoms with Crippen LogP contribution in [0.1, 0.15) is 22.2 Å². The van der Waals surface area contributed by atoms with Crippen molar-refractivity contribution in [2.24, 2.45) is 0 Å². The molecule has 0 aliphatic heterocycles. The van der Waals surface area contributed by atoms with Crippen LogP contribution in [0, 0.1) is 0 Å². The van der Waals surface area contributed by atoms with E-state index in [1.807, 2.05) is 18.4 Å². The van der Waals surface area contributed by atoms with Crippen molar-refractivity contribution in [1.29, 1.82) is 0 Å². The van der Waals surface area contributed by atoms with Crippen LogP contribution in [-0.2, 0) is 6.42 Å². The Balaban J connectivity index is 2.54. The predicted molar refractivity (Wildman–Crippen MR) is 59.1 cm³/mol. The van der Waals surface area contributed by atoms with Crippen molar-refractivity contribution in [3.63, 3.8) is 0 Å². The van der Waals surface area contributed by atoms with Gasteiger partial charge in [-0.2, -0.15) is 0 Å². The fraction of sp³-hybridized carbons (Fsp3) is 0.500. The third-order valence-corrected chi connectivity index (χ3v) is 3.00. The van der Waals surface area contributed by atoms with Crippen LogP contribution in [0.5, 0.6) is 0 Å². The Morgan fingerprint density at radius 1 is 1.67 bits per heavy atom. The zero-order chi connectivity index (χ0) is 11.3. The smallest absolute Gasteiger partial charge is 0.261 e. The highest BCUT2D eigenvalue weighted by Crippen LogP contribution is 2.16. The number of thiophene rings is 1. The zero-order valence-corrected chi connectivity index (χ0v) is 9.38. The Morgan fingerprint density at radius 3 is 3.00 bits per heavy atom. The molecule has 84 valence electrons. The lowest BCUT2D eigenvalue weighted by molar-refractivity contribution is 0.0804. The molecular weight excluding hydrogens is 214 g/mol. The number of amides is 1. The van der Waals surface area contributed by atoms with E-state index >= 15 is 0 Å². The van der Waals surface area contributed by atoms with E-state index in [0.717, 1.165) is 12.0 Å². The number of hydrogen-bond donors (Lipinski definition) is 3. The fourth-order valence-corrected chi connectivity index (χ4v) is 2.08. The largest absolute Gasteiger partial charge is 0.394 e. The molecule has 1 aromatic heterocycles. The van der Waals surface area contributed by atoms with Gasteiger partial charge in [0.15, 0.2) is 0 Å². The van der Waals surface area contributed by atoms with Crippen LogP contribution < -0.4 is 5.32 Å². The maximum atomic E-state index is 11.6. The molecule has 15 heavy (non-hydrogen) atoms. The van der Waals surface area contributed by atoms with Crippen molar-refractivity contribution in [1.82, 2.24) is 5.32 Å². The van der Waals surface area contributed by atoms with Crippen LogP contribution in [0.25, 0.3) is 0 Å². The van der Waals surface area contributed by atoms with Crippen LogP contribution in [0.2, 0.25) is 0 Å². The molecule has 0 saturated heterocycles. The molecule has 0 fully saturated rings. The number of nitrogens with one attached hydrogen (secondary N) is 1. The van der Waals surface area contributed by atoms with E-state index in [0.29, 0.717) is 4.88 Å². The maximum absolute atomic E-state index is 11.6. The highest BCUT2D eigenvalue weighted by Gasteiger charge is 2.12. The van der Waals surface area contributed by atoms with Crippen molar-refractivity contribution in [2.75, 3.05) is 13.2 Å². The predicted octanol–water partition coefficient (Wildman–Crippen LogP) is 0.394. The summed E-state index contributed by atoms with van der Waals surface area (Å²) in [6.07, 6.45) is -0.0755. The molecule has 0 spiro atoms. The lowest BCUT2D eigenvalue weighted by atomic mass is 10.2. The highest BCUT2D eigenvalue weighted by atomic mass is 32.1. The highest BCUT2D eigenvalue weighted by molar-refractivity contribution is 7.12. The quantitative estimate of drug-likeness (QED) is 0.684. The van der Waals surface area contributed by atoms with Crippen molar-refractivity contribution >= 4 is 17.2 Å². The summed E-state index contributed by atoms with van der Waals surface area (Å²) >= 11 is 1.39. The molecule has 0 aromatic carbocycles. The minimum atomic E-state index is -0.890. The second-order valence-corrected chi connectivity index (χ2v) is 4.09. The zero-order valence-electron chi connectivity index (χ0n) is 8.56. The summed E-state index contributed by atoms with van der Waals surface area (Å²) in [5, 5.41) is 22.1. The molecule has 0 radical (unpaired) electrons. The van der Waals surface area contributed by atoms with Gasteiger partial charge in [-0.05, 0) is 23.4 Å². The normalized spacial score (nSPS) is 12.5. The first-order valence-corrected chi connectivity index (χ1v) is 5.70. The molecule has 1 atom stereocenters. The van der Waals surface area contributed by atoms with Gasteiger partial charge >= 0.3 is 0 Å². The summed E-state index contributed by atoms with van der Waals surface area (Å²) < 4.78 is 0. The summed E-state index contributed by atoms with van der Waals surface area (Å²) in [6, 6.07) is 1.92. The lowest BCUT2D eigenvalue weighted by Crippen LogP contribution is -2.33. The van der Waals surface area contributed by atoms with E-state index in [2.05, 4.69) is 5.32 Å². The lowest BCUT2D eigenvalue weighted by Gasteiger charge is -2.08. The van der Waals surface area contributed by atoms with E-state index in [-0.39, 0.29) is 19.1 Å². The summed E-state index contributed by atoms with van der Waals surface area (Å²) in [6.45, 7) is 1.73. The first-order chi connectivity index (χ1) is 7.19. The third kappa shape index (κ3) is 3.30. The van der Waals surface area contributed by atoms with Gasteiger partial charge < -0.3 is 15.5 Å².